The molecular formula is C16H20N2O3. The van der Waals surface area contributed by atoms with E-state index in [0.717, 1.165) is 29.7 Å². The van der Waals surface area contributed by atoms with Gasteiger partial charge in [-0.1, -0.05) is 6.07 Å². The number of nitrogens with one attached hydrogen (secondary N) is 1. The maximum Gasteiger partial charge on any atom is 0.279 e. The van der Waals surface area contributed by atoms with Gasteiger partial charge in [-0.15, -0.1) is 0 Å². The molecule has 0 bridgehead atoms. The molecule has 1 fully saturated rings. The molecule has 0 saturated carbocycles. The van der Waals surface area contributed by atoms with Gasteiger partial charge in [0.2, 0.25) is 5.91 Å². The van der Waals surface area contributed by atoms with Crippen LogP contribution in [0.15, 0.2) is 12.1 Å². The smallest absolute Gasteiger partial charge is 0.279 e. The second-order valence-electron chi connectivity index (χ2n) is 5.83. The minimum Gasteiger partial charge on any atom is -0.480 e. The number of benzene rings is 1. The molecule has 2 heterocycles. The zero-order valence-electron chi connectivity index (χ0n) is 12.4. The molecule has 1 aromatic carbocycles. The number of hydrogen-bond acceptors (Lipinski definition) is 3. The third kappa shape index (κ3) is 2.73. The summed E-state index contributed by atoms with van der Waals surface area (Å²) in [6.45, 7) is 4.66. The molecule has 5 nitrogen and oxygen atoms in total. The van der Waals surface area contributed by atoms with Crippen LogP contribution in [0.5, 0.6) is 5.75 Å². The second kappa shape index (κ2) is 5.39. The minimum absolute atomic E-state index is 0.0169. The van der Waals surface area contributed by atoms with E-state index < -0.39 is 6.10 Å². The van der Waals surface area contributed by atoms with Gasteiger partial charge in [-0.25, -0.2) is 0 Å². The number of carbonyl (C=O) groups is 2. The lowest BCUT2D eigenvalue weighted by Gasteiger charge is -2.27. The van der Waals surface area contributed by atoms with Crippen molar-refractivity contribution < 1.29 is 14.3 Å². The zero-order valence-corrected chi connectivity index (χ0v) is 12.4. The summed E-state index contributed by atoms with van der Waals surface area (Å²) in [5.41, 5.74) is 6.11. The van der Waals surface area contributed by atoms with E-state index in [1.165, 1.54) is 10.6 Å². The molecule has 21 heavy (non-hydrogen) atoms. The fourth-order valence-electron chi connectivity index (χ4n) is 2.79. The molecular weight excluding hydrogens is 268 g/mol. The molecule has 1 atom stereocenters. The fourth-order valence-corrected chi connectivity index (χ4v) is 2.79. The average Bonchev–Trinajstić information content (AvgIpc) is 2.85. The monoisotopic (exact) mass is 288 g/mol. The number of rotatable bonds is 2. The van der Waals surface area contributed by atoms with Crippen LogP contribution in [0.2, 0.25) is 0 Å². The van der Waals surface area contributed by atoms with Gasteiger partial charge in [0.05, 0.1) is 0 Å². The number of aryl methyl sites for hydroxylation is 2. The fraction of sp³-hybridized carbons (Fsp3) is 0.500. The zero-order chi connectivity index (χ0) is 15.0. The summed E-state index contributed by atoms with van der Waals surface area (Å²) in [7, 11) is 0. The Bertz CT molecular complexity index is 566. The molecule has 112 valence electrons. The summed E-state index contributed by atoms with van der Waals surface area (Å²) < 4.78 is 5.73. The standard InChI is InChI=1S/C16H20N2O3/c1-10-7-12-9-14(21-13(12)8-11(10)2)16(20)17-18-6-4-3-5-15(18)19/h7-8,14H,3-6,9H2,1-2H3,(H,17,20)/t14-/m0/s1. The third-order valence-corrected chi connectivity index (χ3v) is 4.21. The first-order valence-corrected chi connectivity index (χ1v) is 7.42. The van der Waals surface area contributed by atoms with E-state index >= 15 is 0 Å². The number of piperidine rings is 1. The molecule has 2 aliphatic heterocycles. The minimum atomic E-state index is -0.545. The number of carbonyl (C=O) groups excluding carboxylic acids is 2. The van der Waals surface area contributed by atoms with Crippen molar-refractivity contribution >= 4 is 11.8 Å². The van der Waals surface area contributed by atoms with Crippen molar-refractivity contribution in [1.82, 2.24) is 10.4 Å². The number of amides is 2. The SMILES string of the molecule is Cc1cc2c(cc1C)O[C@H](C(=O)NN1CCCCC1=O)C2. The van der Waals surface area contributed by atoms with Crippen molar-refractivity contribution in [1.29, 1.82) is 0 Å². The number of hydrazine groups is 1. The predicted molar refractivity (Wildman–Crippen MR) is 77.7 cm³/mol. The van der Waals surface area contributed by atoms with Crippen LogP contribution in [-0.4, -0.2) is 29.5 Å². The van der Waals surface area contributed by atoms with E-state index in [-0.39, 0.29) is 11.8 Å². The third-order valence-electron chi connectivity index (χ3n) is 4.21. The quantitative estimate of drug-likeness (QED) is 0.900. The van der Waals surface area contributed by atoms with E-state index in [1.54, 1.807) is 0 Å². The van der Waals surface area contributed by atoms with Crippen LogP contribution in [0.3, 0.4) is 0 Å². The Morgan fingerprint density at radius 3 is 2.81 bits per heavy atom. The van der Waals surface area contributed by atoms with Gasteiger partial charge < -0.3 is 4.74 Å². The first kappa shape index (κ1) is 13.9. The van der Waals surface area contributed by atoms with E-state index in [9.17, 15) is 9.59 Å². The Hall–Kier alpha value is -2.04. The number of fused-ring (bicyclic) bond motifs is 1. The summed E-state index contributed by atoms with van der Waals surface area (Å²) in [5.74, 6) is 0.525. The van der Waals surface area contributed by atoms with Gasteiger partial charge in [0.25, 0.3) is 5.91 Å². The second-order valence-corrected chi connectivity index (χ2v) is 5.83. The highest BCUT2D eigenvalue weighted by atomic mass is 16.5. The van der Waals surface area contributed by atoms with Gasteiger partial charge >= 0.3 is 0 Å². The van der Waals surface area contributed by atoms with Crippen molar-refractivity contribution in [2.45, 2.75) is 45.6 Å². The van der Waals surface area contributed by atoms with Crippen LogP contribution >= 0.6 is 0 Å². The molecule has 0 radical (unpaired) electrons. The van der Waals surface area contributed by atoms with Crippen LogP contribution in [0.4, 0.5) is 0 Å². The summed E-state index contributed by atoms with van der Waals surface area (Å²) in [6, 6.07) is 4.05. The van der Waals surface area contributed by atoms with Crippen LogP contribution in [0.1, 0.15) is 36.0 Å². The van der Waals surface area contributed by atoms with Gasteiger partial charge in [-0.05, 0) is 49.4 Å². The molecule has 2 aliphatic rings. The van der Waals surface area contributed by atoms with Crippen molar-refractivity contribution in [2.75, 3.05) is 6.54 Å². The lowest BCUT2D eigenvalue weighted by atomic mass is 10.0. The Morgan fingerprint density at radius 1 is 1.29 bits per heavy atom. The molecule has 1 N–H and O–H groups in total. The molecule has 5 heteroatoms. The van der Waals surface area contributed by atoms with E-state index in [0.29, 0.717) is 19.4 Å². The Kier molecular flexibility index (Phi) is 3.57. The average molecular weight is 288 g/mol. The van der Waals surface area contributed by atoms with Crippen LogP contribution in [-0.2, 0) is 16.0 Å². The van der Waals surface area contributed by atoms with Crippen molar-refractivity contribution in [3.63, 3.8) is 0 Å². The van der Waals surface area contributed by atoms with E-state index in [1.807, 2.05) is 13.0 Å². The molecule has 2 amide bonds. The lowest BCUT2D eigenvalue weighted by Crippen LogP contribution is -2.52. The first-order valence-electron chi connectivity index (χ1n) is 7.42. The normalized spacial score (nSPS) is 21.0. The Morgan fingerprint density at radius 2 is 2.05 bits per heavy atom. The Labute approximate surface area is 124 Å². The van der Waals surface area contributed by atoms with Crippen LogP contribution in [0, 0.1) is 13.8 Å². The highest BCUT2D eigenvalue weighted by molar-refractivity contribution is 5.86. The van der Waals surface area contributed by atoms with Crippen molar-refractivity contribution in [2.24, 2.45) is 0 Å². The summed E-state index contributed by atoms with van der Waals surface area (Å²) in [5, 5.41) is 1.43. The van der Waals surface area contributed by atoms with Gasteiger partial charge in [-0.3, -0.25) is 20.0 Å². The molecule has 3 rings (SSSR count). The molecule has 0 aliphatic carbocycles. The molecule has 1 aromatic rings. The maximum atomic E-state index is 12.3. The largest absolute Gasteiger partial charge is 0.480 e. The van der Waals surface area contributed by atoms with Gasteiger partial charge in [0, 0.05) is 19.4 Å². The predicted octanol–water partition coefficient (Wildman–Crippen LogP) is 1.65. The molecule has 0 aromatic heterocycles. The van der Waals surface area contributed by atoms with Gasteiger partial charge in [-0.2, -0.15) is 0 Å². The molecule has 0 spiro atoms. The highest BCUT2D eigenvalue weighted by Crippen LogP contribution is 2.31. The first-order chi connectivity index (χ1) is 10.0. The topological polar surface area (TPSA) is 58.6 Å². The lowest BCUT2D eigenvalue weighted by molar-refractivity contribution is -0.146. The molecule has 1 saturated heterocycles. The summed E-state index contributed by atoms with van der Waals surface area (Å²) in [4.78, 5) is 24.0. The summed E-state index contributed by atoms with van der Waals surface area (Å²) >= 11 is 0. The highest BCUT2D eigenvalue weighted by Gasteiger charge is 2.31. The van der Waals surface area contributed by atoms with Gasteiger partial charge in [0.15, 0.2) is 6.10 Å². The number of ether oxygens (including phenoxy) is 1. The van der Waals surface area contributed by atoms with Crippen molar-refractivity contribution in [3.8, 4) is 5.75 Å². The summed E-state index contributed by atoms with van der Waals surface area (Å²) in [6.07, 6.45) is 2.34. The maximum absolute atomic E-state index is 12.3. The Balaban J connectivity index is 1.66. The molecule has 0 unspecified atom stereocenters. The van der Waals surface area contributed by atoms with Crippen molar-refractivity contribution in [3.05, 3.63) is 28.8 Å². The van der Waals surface area contributed by atoms with Crippen LogP contribution in [0.25, 0.3) is 0 Å². The van der Waals surface area contributed by atoms with Gasteiger partial charge in [0.1, 0.15) is 5.75 Å². The number of hydrogen-bond donors (Lipinski definition) is 1. The van der Waals surface area contributed by atoms with E-state index in [2.05, 4.69) is 18.4 Å². The van der Waals surface area contributed by atoms with E-state index in [4.69, 9.17) is 4.74 Å². The van der Waals surface area contributed by atoms with Crippen LogP contribution < -0.4 is 10.2 Å². The number of nitrogens with zero attached hydrogens (tertiary/aromatic N) is 1.